The molecule has 1 aliphatic rings. The molecule has 2 rings (SSSR count). The molecule has 1 saturated heterocycles. The summed E-state index contributed by atoms with van der Waals surface area (Å²) < 4.78 is 37.9. The van der Waals surface area contributed by atoms with Crippen LogP contribution in [0.3, 0.4) is 0 Å². The molecule has 0 aliphatic carbocycles. The average Bonchev–Trinajstić information content (AvgIpc) is 2.58. The van der Waals surface area contributed by atoms with Crippen molar-refractivity contribution in [3.63, 3.8) is 0 Å². The zero-order chi connectivity index (χ0) is 16.7. The summed E-state index contributed by atoms with van der Waals surface area (Å²) in [4.78, 5) is 11.0. The fraction of sp³-hybridized carbons (Fsp3) is 0.562. The van der Waals surface area contributed by atoms with Gasteiger partial charge in [-0.15, -0.1) is 0 Å². The summed E-state index contributed by atoms with van der Waals surface area (Å²) in [7, 11) is 1.27. The molecule has 0 radical (unpaired) electrons. The highest BCUT2D eigenvalue weighted by Crippen LogP contribution is 2.32. The van der Waals surface area contributed by atoms with Crippen molar-refractivity contribution in [2.75, 3.05) is 33.4 Å². The number of alkyl carbamates (subject to hydrolysis) is 1. The number of ether oxygens (including phenoxy) is 2. The maximum Gasteiger partial charge on any atom is 0.406 e. The third-order valence-electron chi connectivity index (χ3n) is 3.88. The lowest BCUT2D eigenvalue weighted by molar-refractivity contribution is 0.00240. The van der Waals surface area contributed by atoms with E-state index in [0.717, 1.165) is 31.5 Å². The minimum Gasteiger partial charge on any atom is -0.453 e. The van der Waals surface area contributed by atoms with Gasteiger partial charge < -0.3 is 20.1 Å². The van der Waals surface area contributed by atoms with Crippen molar-refractivity contribution in [3.05, 3.63) is 35.4 Å². The first-order valence-corrected chi connectivity index (χ1v) is 7.71. The Morgan fingerprint density at radius 3 is 3.00 bits per heavy atom. The van der Waals surface area contributed by atoms with E-state index < -0.39 is 23.8 Å². The Morgan fingerprint density at radius 2 is 2.30 bits per heavy atom. The van der Waals surface area contributed by atoms with E-state index in [1.807, 2.05) is 0 Å². The third-order valence-corrected chi connectivity index (χ3v) is 3.88. The summed E-state index contributed by atoms with van der Waals surface area (Å²) in [5.41, 5.74) is 0.219. The number of nitrogens with one attached hydrogen (secondary N) is 2. The van der Waals surface area contributed by atoms with E-state index in [9.17, 15) is 13.6 Å². The van der Waals surface area contributed by atoms with Crippen LogP contribution in [0.1, 0.15) is 24.5 Å². The molecule has 1 aromatic rings. The van der Waals surface area contributed by atoms with Crippen LogP contribution in [0.4, 0.5) is 13.6 Å². The summed E-state index contributed by atoms with van der Waals surface area (Å²) in [5.74, 6) is -0.924. The highest BCUT2D eigenvalue weighted by atomic mass is 19.1. The van der Waals surface area contributed by atoms with Crippen LogP contribution in [0.5, 0.6) is 0 Å². The molecule has 0 bridgehead atoms. The van der Waals surface area contributed by atoms with Gasteiger partial charge in [-0.05, 0) is 37.6 Å². The molecular weight excluding hydrogens is 306 g/mol. The fourth-order valence-corrected chi connectivity index (χ4v) is 2.76. The molecule has 1 aromatic carbocycles. The first kappa shape index (κ1) is 17.6. The van der Waals surface area contributed by atoms with Crippen molar-refractivity contribution in [1.29, 1.82) is 0 Å². The SMILES string of the molecule is COC(=O)NCCO[C@@H](c1cc(F)ccc1F)C1CCCNC1. The molecule has 1 fully saturated rings. The highest BCUT2D eigenvalue weighted by Gasteiger charge is 2.28. The number of methoxy groups -OCH3 is 1. The van der Waals surface area contributed by atoms with E-state index in [1.54, 1.807) is 0 Å². The van der Waals surface area contributed by atoms with Crippen molar-refractivity contribution < 1.29 is 23.0 Å². The molecule has 23 heavy (non-hydrogen) atoms. The molecule has 1 unspecified atom stereocenters. The number of carbonyl (C=O) groups is 1. The van der Waals surface area contributed by atoms with Gasteiger partial charge in [0.25, 0.3) is 0 Å². The standard InChI is InChI=1S/C16H22F2N2O3/c1-22-16(21)20-7-8-23-15(11-3-2-6-19-10-11)13-9-12(17)4-5-14(13)18/h4-5,9,11,15,19H,2-3,6-8,10H2,1H3,(H,20,21)/t11?,15-/m1/s1. The Kier molecular flexibility index (Phi) is 6.73. The minimum atomic E-state index is -0.557. The number of rotatable bonds is 6. The van der Waals surface area contributed by atoms with Crippen molar-refractivity contribution >= 4 is 6.09 Å². The predicted molar refractivity (Wildman–Crippen MR) is 81.1 cm³/mol. The van der Waals surface area contributed by atoms with Crippen molar-refractivity contribution in [2.45, 2.75) is 18.9 Å². The van der Waals surface area contributed by atoms with Gasteiger partial charge >= 0.3 is 6.09 Å². The highest BCUT2D eigenvalue weighted by molar-refractivity contribution is 5.66. The van der Waals surface area contributed by atoms with Gasteiger partial charge in [-0.1, -0.05) is 0 Å². The molecule has 0 spiro atoms. The van der Waals surface area contributed by atoms with Gasteiger partial charge in [0, 0.05) is 24.6 Å². The van der Waals surface area contributed by atoms with E-state index in [4.69, 9.17) is 4.74 Å². The predicted octanol–water partition coefficient (Wildman–Crippen LogP) is 2.38. The van der Waals surface area contributed by atoms with Crippen LogP contribution in [0.2, 0.25) is 0 Å². The third kappa shape index (κ3) is 5.14. The number of amides is 1. The van der Waals surface area contributed by atoms with Crippen LogP contribution in [0.15, 0.2) is 18.2 Å². The minimum absolute atomic E-state index is 0.0539. The quantitative estimate of drug-likeness (QED) is 0.787. The van der Waals surface area contributed by atoms with Gasteiger partial charge in [0.1, 0.15) is 11.6 Å². The molecular formula is C16H22F2N2O3. The van der Waals surface area contributed by atoms with E-state index in [1.165, 1.54) is 13.2 Å². The number of benzene rings is 1. The molecule has 1 amide bonds. The second-order valence-electron chi connectivity index (χ2n) is 5.48. The lowest BCUT2D eigenvalue weighted by Crippen LogP contribution is -2.35. The van der Waals surface area contributed by atoms with Crippen LogP contribution in [-0.4, -0.2) is 39.4 Å². The zero-order valence-corrected chi connectivity index (χ0v) is 13.1. The second kappa shape index (κ2) is 8.79. The molecule has 128 valence electrons. The molecule has 0 aromatic heterocycles. The van der Waals surface area contributed by atoms with Gasteiger partial charge in [0.15, 0.2) is 0 Å². The molecule has 5 nitrogen and oxygen atoms in total. The van der Waals surface area contributed by atoms with Gasteiger partial charge in [0.2, 0.25) is 0 Å². The summed E-state index contributed by atoms with van der Waals surface area (Å²) in [5, 5.41) is 5.75. The van der Waals surface area contributed by atoms with E-state index >= 15 is 0 Å². The average molecular weight is 328 g/mol. The number of carbonyl (C=O) groups excluding carboxylic acids is 1. The number of halogens is 2. The Balaban J connectivity index is 2.05. The summed E-state index contributed by atoms with van der Waals surface area (Å²) in [6.45, 7) is 2.02. The number of hydrogen-bond acceptors (Lipinski definition) is 4. The van der Waals surface area contributed by atoms with Gasteiger partial charge in [-0.25, -0.2) is 13.6 Å². The van der Waals surface area contributed by atoms with Crippen LogP contribution in [0.25, 0.3) is 0 Å². The fourth-order valence-electron chi connectivity index (χ4n) is 2.76. The molecule has 0 saturated carbocycles. The van der Waals surface area contributed by atoms with Crippen molar-refractivity contribution in [1.82, 2.24) is 10.6 Å². The second-order valence-corrected chi connectivity index (χ2v) is 5.48. The summed E-state index contributed by atoms with van der Waals surface area (Å²) in [6.07, 6.45) is 0.722. The topological polar surface area (TPSA) is 59.6 Å². The molecule has 2 atom stereocenters. The lowest BCUT2D eigenvalue weighted by Gasteiger charge is -2.31. The van der Waals surface area contributed by atoms with Gasteiger partial charge in [-0.3, -0.25) is 0 Å². The molecule has 2 N–H and O–H groups in total. The van der Waals surface area contributed by atoms with Crippen LogP contribution in [-0.2, 0) is 9.47 Å². The van der Waals surface area contributed by atoms with Crippen LogP contribution in [0, 0.1) is 17.6 Å². The number of piperidine rings is 1. The Hall–Kier alpha value is -1.73. The Bertz CT molecular complexity index is 522. The van der Waals surface area contributed by atoms with E-state index in [0.29, 0.717) is 6.54 Å². The van der Waals surface area contributed by atoms with Crippen molar-refractivity contribution in [2.24, 2.45) is 5.92 Å². The Labute approximate surface area is 134 Å². The largest absolute Gasteiger partial charge is 0.453 e. The monoisotopic (exact) mass is 328 g/mol. The summed E-state index contributed by atoms with van der Waals surface area (Å²) in [6, 6.07) is 3.39. The molecule has 1 aliphatic heterocycles. The maximum absolute atomic E-state index is 14.1. The first-order chi connectivity index (χ1) is 11.1. The van der Waals surface area contributed by atoms with Crippen molar-refractivity contribution in [3.8, 4) is 0 Å². The normalized spacial score (nSPS) is 19.2. The smallest absolute Gasteiger partial charge is 0.406 e. The summed E-state index contributed by atoms with van der Waals surface area (Å²) >= 11 is 0. The van der Waals surface area contributed by atoms with Gasteiger partial charge in [-0.2, -0.15) is 0 Å². The maximum atomic E-state index is 14.1. The number of hydrogen-bond donors (Lipinski definition) is 2. The lowest BCUT2D eigenvalue weighted by atomic mass is 9.89. The molecule has 1 heterocycles. The van der Waals surface area contributed by atoms with E-state index in [-0.39, 0.29) is 24.6 Å². The first-order valence-electron chi connectivity index (χ1n) is 7.71. The van der Waals surface area contributed by atoms with Gasteiger partial charge in [0.05, 0.1) is 19.8 Å². The van der Waals surface area contributed by atoms with Crippen LogP contribution < -0.4 is 10.6 Å². The zero-order valence-electron chi connectivity index (χ0n) is 13.1. The Morgan fingerprint density at radius 1 is 1.48 bits per heavy atom. The van der Waals surface area contributed by atoms with Crippen LogP contribution >= 0.6 is 0 Å². The molecule has 7 heteroatoms. The van der Waals surface area contributed by atoms with E-state index in [2.05, 4.69) is 15.4 Å².